The molecule has 0 aromatic rings. The van der Waals surface area contributed by atoms with Crippen molar-refractivity contribution in [2.24, 2.45) is 17.8 Å². The van der Waals surface area contributed by atoms with E-state index in [4.69, 9.17) is 4.74 Å². The standard InChI is InChI=1S/C19H29NO3/c1-12-5-6-14-15(11-20-9-3-4-10-20)18(21)23-17(14)16-13(12)7-8-19(16,2)22/h14-17,22H,3-11H2,1-2H3/t14-,15-,16-,17-,19+/m0/s1. The third-order valence-corrected chi connectivity index (χ3v) is 6.82. The average Bonchev–Trinajstić information content (AvgIpc) is 3.15. The van der Waals surface area contributed by atoms with Gasteiger partial charge in [-0.25, -0.2) is 0 Å². The predicted octanol–water partition coefficient (Wildman–Crippen LogP) is 2.51. The Bertz CT molecular complexity index is 533. The first-order valence-electron chi connectivity index (χ1n) is 9.31. The van der Waals surface area contributed by atoms with Crippen LogP contribution in [0.5, 0.6) is 0 Å². The molecule has 2 saturated heterocycles. The van der Waals surface area contributed by atoms with Crippen molar-refractivity contribution in [1.29, 1.82) is 0 Å². The Kier molecular flexibility index (Phi) is 3.80. The Morgan fingerprint density at radius 3 is 2.78 bits per heavy atom. The molecule has 128 valence electrons. The van der Waals surface area contributed by atoms with E-state index in [9.17, 15) is 9.90 Å². The number of rotatable bonds is 2. The largest absolute Gasteiger partial charge is 0.461 e. The van der Waals surface area contributed by atoms with Gasteiger partial charge in [0.2, 0.25) is 0 Å². The van der Waals surface area contributed by atoms with E-state index in [1.54, 1.807) is 0 Å². The lowest BCUT2D eigenvalue weighted by Crippen LogP contribution is -2.41. The zero-order chi connectivity index (χ0) is 16.2. The van der Waals surface area contributed by atoms with E-state index in [0.717, 1.165) is 45.3 Å². The van der Waals surface area contributed by atoms with Gasteiger partial charge in [-0.05, 0) is 65.5 Å². The van der Waals surface area contributed by atoms with E-state index in [0.29, 0.717) is 0 Å². The zero-order valence-electron chi connectivity index (χ0n) is 14.4. The number of hydrogen-bond donors (Lipinski definition) is 1. The van der Waals surface area contributed by atoms with Gasteiger partial charge in [-0.1, -0.05) is 11.1 Å². The molecule has 2 aliphatic carbocycles. The van der Waals surface area contributed by atoms with Crippen molar-refractivity contribution in [2.75, 3.05) is 19.6 Å². The van der Waals surface area contributed by atoms with Gasteiger partial charge < -0.3 is 14.7 Å². The number of hydrogen-bond acceptors (Lipinski definition) is 4. The van der Waals surface area contributed by atoms with Gasteiger partial charge in [-0.2, -0.15) is 0 Å². The van der Waals surface area contributed by atoms with E-state index < -0.39 is 5.60 Å². The maximum absolute atomic E-state index is 12.6. The summed E-state index contributed by atoms with van der Waals surface area (Å²) >= 11 is 0. The van der Waals surface area contributed by atoms with Gasteiger partial charge >= 0.3 is 5.97 Å². The first-order valence-corrected chi connectivity index (χ1v) is 9.31. The molecular weight excluding hydrogens is 290 g/mol. The second-order valence-corrected chi connectivity index (χ2v) is 8.36. The molecule has 2 heterocycles. The van der Waals surface area contributed by atoms with E-state index in [1.165, 1.54) is 24.0 Å². The molecule has 4 rings (SSSR count). The fourth-order valence-electron chi connectivity index (χ4n) is 5.50. The van der Waals surface area contributed by atoms with Crippen molar-refractivity contribution in [3.05, 3.63) is 11.1 Å². The lowest BCUT2D eigenvalue weighted by molar-refractivity contribution is -0.148. The van der Waals surface area contributed by atoms with Crippen LogP contribution in [0.2, 0.25) is 0 Å². The minimum atomic E-state index is -0.729. The summed E-state index contributed by atoms with van der Waals surface area (Å²) in [5.41, 5.74) is 2.07. The molecule has 5 atom stereocenters. The van der Waals surface area contributed by atoms with Gasteiger partial charge in [0.1, 0.15) is 6.10 Å². The van der Waals surface area contributed by atoms with Gasteiger partial charge in [-0.3, -0.25) is 4.79 Å². The Labute approximate surface area is 138 Å². The first kappa shape index (κ1) is 15.6. The molecule has 1 N–H and O–H groups in total. The number of aliphatic hydroxyl groups is 1. The van der Waals surface area contributed by atoms with Crippen LogP contribution in [0.3, 0.4) is 0 Å². The Hall–Kier alpha value is -0.870. The second kappa shape index (κ2) is 5.59. The molecular formula is C19H29NO3. The summed E-state index contributed by atoms with van der Waals surface area (Å²) < 4.78 is 5.91. The summed E-state index contributed by atoms with van der Waals surface area (Å²) in [4.78, 5) is 15.0. The number of nitrogens with zero attached hydrogens (tertiary/aromatic N) is 1. The Morgan fingerprint density at radius 2 is 2.04 bits per heavy atom. The van der Waals surface area contributed by atoms with Crippen LogP contribution in [-0.4, -0.2) is 47.3 Å². The van der Waals surface area contributed by atoms with Crippen LogP contribution in [-0.2, 0) is 9.53 Å². The predicted molar refractivity (Wildman–Crippen MR) is 87.8 cm³/mol. The van der Waals surface area contributed by atoms with Gasteiger partial charge in [0.05, 0.1) is 11.5 Å². The van der Waals surface area contributed by atoms with Crippen molar-refractivity contribution >= 4 is 5.97 Å². The third kappa shape index (κ3) is 2.54. The second-order valence-electron chi connectivity index (χ2n) is 8.36. The molecule has 4 heteroatoms. The van der Waals surface area contributed by atoms with Gasteiger partial charge in [0.15, 0.2) is 0 Å². The molecule has 0 radical (unpaired) electrons. The molecule has 0 spiro atoms. The highest BCUT2D eigenvalue weighted by atomic mass is 16.6. The highest BCUT2D eigenvalue weighted by molar-refractivity contribution is 5.76. The molecule has 0 amide bonds. The Balaban J connectivity index is 1.61. The maximum atomic E-state index is 12.6. The molecule has 0 unspecified atom stereocenters. The number of likely N-dealkylation sites (tertiary alicyclic amines) is 1. The van der Waals surface area contributed by atoms with Crippen LogP contribution >= 0.6 is 0 Å². The molecule has 3 fully saturated rings. The normalized spacial score (nSPS) is 44.2. The fourth-order valence-corrected chi connectivity index (χ4v) is 5.50. The molecule has 0 aromatic heterocycles. The number of carbonyl (C=O) groups excluding carboxylic acids is 1. The molecule has 4 nitrogen and oxygen atoms in total. The minimum absolute atomic E-state index is 0.00153. The topological polar surface area (TPSA) is 49.8 Å². The summed E-state index contributed by atoms with van der Waals surface area (Å²) in [6.07, 6.45) is 6.21. The van der Waals surface area contributed by atoms with E-state index >= 15 is 0 Å². The lowest BCUT2D eigenvalue weighted by Gasteiger charge is -2.33. The Morgan fingerprint density at radius 1 is 1.30 bits per heavy atom. The molecule has 0 aromatic carbocycles. The minimum Gasteiger partial charge on any atom is -0.461 e. The summed E-state index contributed by atoms with van der Waals surface area (Å²) in [7, 11) is 0. The van der Waals surface area contributed by atoms with Crippen molar-refractivity contribution in [2.45, 2.75) is 64.1 Å². The molecule has 4 aliphatic rings. The highest BCUT2D eigenvalue weighted by Crippen LogP contribution is 2.52. The fraction of sp³-hybridized carbons (Fsp3) is 0.842. The van der Waals surface area contributed by atoms with Crippen LogP contribution in [0.1, 0.15) is 52.4 Å². The monoisotopic (exact) mass is 319 g/mol. The van der Waals surface area contributed by atoms with E-state index in [2.05, 4.69) is 11.8 Å². The van der Waals surface area contributed by atoms with Crippen molar-refractivity contribution in [3.8, 4) is 0 Å². The van der Waals surface area contributed by atoms with Gasteiger partial charge in [-0.15, -0.1) is 0 Å². The van der Waals surface area contributed by atoms with Crippen molar-refractivity contribution < 1.29 is 14.6 Å². The quantitative estimate of drug-likeness (QED) is 0.628. The molecule has 1 saturated carbocycles. The SMILES string of the molecule is CC1=C2CC[C@@](C)(O)[C@@H]2[C@H]2OC(=O)[C@@H](CN3CCCC3)[C@@H]2CC1. The average molecular weight is 319 g/mol. The molecule has 23 heavy (non-hydrogen) atoms. The summed E-state index contributed by atoms with van der Waals surface area (Å²) in [5, 5.41) is 10.9. The smallest absolute Gasteiger partial charge is 0.310 e. The number of carbonyl (C=O) groups is 1. The molecule has 0 bridgehead atoms. The lowest BCUT2D eigenvalue weighted by atomic mass is 9.77. The zero-order valence-corrected chi connectivity index (χ0v) is 14.4. The first-order chi connectivity index (χ1) is 11.0. The number of ether oxygens (including phenoxy) is 1. The van der Waals surface area contributed by atoms with Crippen LogP contribution < -0.4 is 0 Å². The summed E-state index contributed by atoms with van der Waals surface area (Å²) in [6.45, 7) is 7.23. The highest BCUT2D eigenvalue weighted by Gasteiger charge is 2.56. The van der Waals surface area contributed by atoms with E-state index in [-0.39, 0.29) is 29.8 Å². The van der Waals surface area contributed by atoms with Crippen LogP contribution in [0.4, 0.5) is 0 Å². The maximum Gasteiger partial charge on any atom is 0.310 e. The number of allylic oxidation sites excluding steroid dienone is 1. The van der Waals surface area contributed by atoms with Crippen molar-refractivity contribution in [3.63, 3.8) is 0 Å². The number of esters is 1. The molecule has 2 aliphatic heterocycles. The van der Waals surface area contributed by atoms with Crippen LogP contribution in [0, 0.1) is 17.8 Å². The summed E-state index contributed by atoms with van der Waals surface area (Å²) in [6, 6.07) is 0. The van der Waals surface area contributed by atoms with Gasteiger partial charge in [0, 0.05) is 18.4 Å². The number of fused-ring (bicyclic) bond motifs is 3. The van der Waals surface area contributed by atoms with Crippen LogP contribution in [0.25, 0.3) is 0 Å². The van der Waals surface area contributed by atoms with Gasteiger partial charge in [0.25, 0.3) is 0 Å². The van der Waals surface area contributed by atoms with E-state index in [1.807, 2.05) is 6.92 Å². The van der Waals surface area contributed by atoms with Crippen LogP contribution in [0.15, 0.2) is 11.1 Å². The van der Waals surface area contributed by atoms with Crippen molar-refractivity contribution in [1.82, 2.24) is 4.90 Å². The third-order valence-electron chi connectivity index (χ3n) is 6.82. The summed E-state index contributed by atoms with van der Waals surface area (Å²) in [5.74, 6) is 0.266.